The third-order valence-electron chi connectivity index (χ3n) is 3.26. The molecule has 4 heteroatoms. The largest absolute Gasteiger partial charge is 0.393 e. The first kappa shape index (κ1) is 12.5. The number of hydrogen-bond donors (Lipinski definition) is 3. The summed E-state index contributed by atoms with van der Waals surface area (Å²) in [5, 5.41) is 15.2. The summed E-state index contributed by atoms with van der Waals surface area (Å²) in [5.41, 5.74) is -0.517. The van der Waals surface area contributed by atoms with Gasteiger partial charge in [-0.05, 0) is 46.1 Å². The SMILES string of the molecule is CNC(C)(C)C(=O)NCC1CCC(O)C1. The number of carbonyl (C=O) groups is 1. The maximum absolute atomic E-state index is 11.7. The van der Waals surface area contributed by atoms with E-state index in [4.69, 9.17) is 0 Å². The predicted octanol–water partition coefficient (Wildman–Crippen LogP) is 0.262. The molecule has 1 saturated carbocycles. The van der Waals surface area contributed by atoms with Gasteiger partial charge in [0.15, 0.2) is 0 Å². The molecule has 0 aromatic carbocycles. The van der Waals surface area contributed by atoms with Gasteiger partial charge in [-0.1, -0.05) is 0 Å². The van der Waals surface area contributed by atoms with Gasteiger partial charge in [-0.25, -0.2) is 0 Å². The van der Waals surface area contributed by atoms with E-state index in [1.54, 1.807) is 7.05 Å². The van der Waals surface area contributed by atoms with Crippen LogP contribution in [0.1, 0.15) is 33.1 Å². The molecule has 88 valence electrons. The minimum Gasteiger partial charge on any atom is -0.393 e. The average Bonchev–Trinajstić information content (AvgIpc) is 2.60. The van der Waals surface area contributed by atoms with Crippen molar-refractivity contribution < 1.29 is 9.90 Å². The Morgan fingerprint density at radius 1 is 1.47 bits per heavy atom. The van der Waals surface area contributed by atoms with Crippen molar-refractivity contribution in [1.82, 2.24) is 10.6 Å². The van der Waals surface area contributed by atoms with Crippen LogP contribution in [0.2, 0.25) is 0 Å². The third kappa shape index (κ3) is 3.47. The number of hydrogen-bond acceptors (Lipinski definition) is 3. The molecule has 2 atom stereocenters. The molecule has 0 heterocycles. The van der Waals surface area contributed by atoms with E-state index in [2.05, 4.69) is 10.6 Å². The number of aliphatic hydroxyl groups is 1. The molecule has 1 fully saturated rings. The van der Waals surface area contributed by atoms with Crippen LogP contribution >= 0.6 is 0 Å². The van der Waals surface area contributed by atoms with Crippen LogP contribution in [0.3, 0.4) is 0 Å². The lowest BCUT2D eigenvalue weighted by Gasteiger charge is -2.23. The maximum atomic E-state index is 11.7. The Morgan fingerprint density at radius 2 is 2.13 bits per heavy atom. The fourth-order valence-corrected chi connectivity index (χ4v) is 1.81. The van der Waals surface area contributed by atoms with E-state index in [9.17, 15) is 9.90 Å². The zero-order valence-corrected chi connectivity index (χ0v) is 9.84. The molecule has 1 rings (SSSR count). The van der Waals surface area contributed by atoms with Gasteiger partial charge in [-0.15, -0.1) is 0 Å². The Hall–Kier alpha value is -0.610. The quantitative estimate of drug-likeness (QED) is 0.629. The molecule has 4 nitrogen and oxygen atoms in total. The summed E-state index contributed by atoms with van der Waals surface area (Å²) < 4.78 is 0. The Labute approximate surface area is 91.4 Å². The molecule has 2 unspecified atom stereocenters. The fourth-order valence-electron chi connectivity index (χ4n) is 1.81. The first-order chi connectivity index (χ1) is 6.95. The van der Waals surface area contributed by atoms with E-state index >= 15 is 0 Å². The van der Waals surface area contributed by atoms with Crippen LogP contribution in [0.15, 0.2) is 0 Å². The summed E-state index contributed by atoms with van der Waals surface area (Å²) in [6.45, 7) is 4.39. The summed E-state index contributed by atoms with van der Waals surface area (Å²) in [6, 6.07) is 0. The van der Waals surface area contributed by atoms with Crippen molar-refractivity contribution in [2.24, 2.45) is 5.92 Å². The van der Waals surface area contributed by atoms with Gasteiger partial charge in [0.25, 0.3) is 0 Å². The first-order valence-corrected chi connectivity index (χ1v) is 5.61. The van der Waals surface area contributed by atoms with Gasteiger partial charge in [0, 0.05) is 6.54 Å². The van der Waals surface area contributed by atoms with E-state index in [-0.39, 0.29) is 12.0 Å². The third-order valence-corrected chi connectivity index (χ3v) is 3.26. The van der Waals surface area contributed by atoms with Crippen molar-refractivity contribution in [3.05, 3.63) is 0 Å². The molecule has 0 radical (unpaired) electrons. The molecule has 0 bridgehead atoms. The van der Waals surface area contributed by atoms with Crippen LogP contribution in [-0.4, -0.2) is 36.2 Å². The van der Waals surface area contributed by atoms with Crippen LogP contribution < -0.4 is 10.6 Å². The van der Waals surface area contributed by atoms with E-state index in [0.717, 1.165) is 19.3 Å². The molecular formula is C11H22N2O2. The van der Waals surface area contributed by atoms with Gasteiger partial charge in [0.05, 0.1) is 11.6 Å². The lowest BCUT2D eigenvalue weighted by molar-refractivity contribution is -0.126. The van der Waals surface area contributed by atoms with Crippen LogP contribution in [0.5, 0.6) is 0 Å². The van der Waals surface area contributed by atoms with Crippen LogP contribution in [0.25, 0.3) is 0 Å². The number of nitrogens with one attached hydrogen (secondary N) is 2. The second kappa shape index (κ2) is 4.94. The minimum absolute atomic E-state index is 0.0198. The van der Waals surface area contributed by atoms with Crippen molar-refractivity contribution in [3.8, 4) is 0 Å². The van der Waals surface area contributed by atoms with Crippen LogP contribution in [0.4, 0.5) is 0 Å². The van der Waals surface area contributed by atoms with E-state index < -0.39 is 5.54 Å². The van der Waals surface area contributed by atoms with E-state index in [1.165, 1.54) is 0 Å². The van der Waals surface area contributed by atoms with Gasteiger partial charge in [-0.2, -0.15) is 0 Å². The first-order valence-electron chi connectivity index (χ1n) is 5.61. The predicted molar refractivity (Wildman–Crippen MR) is 59.5 cm³/mol. The Bertz CT molecular complexity index is 229. The normalized spacial score (nSPS) is 26.7. The molecule has 0 spiro atoms. The number of aliphatic hydroxyl groups excluding tert-OH is 1. The molecular weight excluding hydrogens is 192 g/mol. The van der Waals surface area contributed by atoms with Crippen molar-refractivity contribution in [2.45, 2.75) is 44.8 Å². The molecule has 0 saturated heterocycles. The molecule has 3 N–H and O–H groups in total. The van der Waals surface area contributed by atoms with Gasteiger partial charge in [0.2, 0.25) is 5.91 Å². The summed E-state index contributed by atoms with van der Waals surface area (Å²) in [6.07, 6.45) is 2.54. The summed E-state index contributed by atoms with van der Waals surface area (Å²) in [7, 11) is 1.78. The molecule has 15 heavy (non-hydrogen) atoms. The molecule has 1 aliphatic carbocycles. The standard InChI is InChI=1S/C11H22N2O2/c1-11(2,12-3)10(15)13-7-8-4-5-9(14)6-8/h8-9,12,14H,4-7H2,1-3H3,(H,13,15). The fraction of sp³-hybridized carbons (Fsp3) is 0.909. The van der Waals surface area contributed by atoms with Gasteiger partial charge < -0.3 is 15.7 Å². The summed E-state index contributed by atoms with van der Waals surface area (Å²) >= 11 is 0. The topological polar surface area (TPSA) is 61.4 Å². The Balaban J connectivity index is 2.28. The number of rotatable bonds is 4. The highest BCUT2D eigenvalue weighted by Gasteiger charge is 2.27. The summed E-state index contributed by atoms with van der Waals surface area (Å²) in [4.78, 5) is 11.7. The van der Waals surface area contributed by atoms with E-state index in [0.29, 0.717) is 12.5 Å². The van der Waals surface area contributed by atoms with E-state index in [1.807, 2.05) is 13.8 Å². The highest BCUT2D eigenvalue weighted by atomic mass is 16.3. The molecule has 0 aliphatic heterocycles. The van der Waals surface area contributed by atoms with Crippen molar-refractivity contribution >= 4 is 5.91 Å². The van der Waals surface area contributed by atoms with Gasteiger partial charge >= 0.3 is 0 Å². The average molecular weight is 214 g/mol. The number of likely N-dealkylation sites (N-methyl/N-ethyl adjacent to an activating group) is 1. The zero-order chi connectivity index (χ0) is 11.5. The molecule has 1 aliphatic rings. The smallest absolute Gasteiger partial charge is 0.239 e. The number of carbonyl (C=O) groups excluding carboxylic acids is 1. The van der Waals surface area contributed by atoms with Crippen molar-refractivity contribution in [1.29, 1.82) is 0 Å². The van der Waals surface area contributed by atoms with Gasteiger partial charge in [0.1, 0.15) is 0 Å². The molecule has 0 aromatic rings. The molecule has 0 aromatic heterocycles. The van der Waals surface area contributed by atoms with Crippen molar-refractivity contribution in [3.63, 3.8) is 0 Å². The minimum atomic E-state index is -0.517. The summed E-state index contributed by atoms with van der Waals surface area (Å²) in [5.74, 6) is 0.461. The zero-order valence-electron chi connectivity index (χ0n) is 9.84. The Morgan fingerprint density at radius 3 is 2.60 bits per heavy atom. The van der Waals surface area contributed by atoms with Gasteiger partial charge in [-0.3, -0.25) is 4.79 Å². The lowest BCUT2D eigenvalue weighted by Crippen LogP contribution is -2.51. The maximum Gasteiger partial charge on any atom is 0.239 e. The van der Waals surface area contributed by atoms with Crippen LogP contribution in [0, 0.1) is 5.92 Å². The second-order valence-corrected chi connectivity index (χ2v) is 4.92. The Kier molecular flexibility index (Phi) is 4.11. The highest BCUT2D eigenvalue weighted by molar-refractivity contribution is 5.85. The van der Waals surface area contributed by atoms with Crippen molar-refractivity contribution in [2.75, 3.05) is 13.6 Å². The lowest BCUT2D eigenvalue weighted by atomic mass is 10.0. The highest BCUT2D eigenvalue weighted by Crippen LogP contribution is 2.24. The van der Waals surface area contributed by atoms with Crippen LogP contribution in [-0.2, 0) is 4.79 Å². The second-order valence-electron chi connectivity index (χ2n) is 4.92. The molecule has 1 amide bonds. The number of amides is 1. The monoisotopic (exact) mass is 214 g/mol.